The maximum Gasteiger partial charge on any atom is 0.463 e. The van der Waals surface area contributed by atoms with Crippen LogP contribution in [-0.4, -0.2) is 49.1 Å². The fourth-order valence-corrected chi connectivity index (χ4v) is 2.03. The molecule has 3 nitrogen and oxygen atoms in total. The summed E-state index contributed by atoms with van der Waals surface area (Å²) in [4.78, 5) is 12.9. The fourth-order valence-electron chi connectivity index (χ4n) is 2.03. The number of nitrogens with zero attached hydrogens (tertiary/aromatic N) is 1. The first-order chi connectivity index (χ1) is 9.14. The average molecular weight is 302 g/mol. The van der Waals surface area contributed by atoms with E-state index in [2.05, 4.69) is 11.8 Å². The summed E-state index contributed by atoms with van der Waals surface area (Å²) in [5.41, 5.74) is 0. The van der Waals surface area contributed by atoms with Crippen molar-refractivity contribution in [3.8, 4) is 0 Å². The van der Waals surface area contributed by atoms with Crippen LogP contribution in [0.5, 0.6) is 0 Å². The fraction of sp³-hybridized carbons (Fsp3) is 0.917. The number of hydrogen-bond acceptors (Lipinski definition) is 2. The molecule has 0 aliphatic carbocycles. The van der Waals surface area contributed by atoms with Crippen molar-refractivity contribution in [1.29, 1.82) is 0 Å². The highest BCUT2D eigenvalue weighted by Gasteiger charge is 2.63. The Kier molecular flexibility index (Phi) is 5.73. The van der Waals surface area contributed by atoms with Gasteiger partial charge >= 0.3 is 12.1 Å². The van der Waals surface area contributed by atoms with Crippen molar-refractivity contribution in [1.82, 2.24) is 10.2 Å². The van der Waals surface area contributed by atoms with Crippen molar-refractivity contribution >= 4 is 5.91 Å². The van der Waals surface area contributed by atoms with E-state index in [4.69, 9.17) is 0 Å². The zero-order chi connectivity index (χ0) is 15.4. The molecule has 0 atom stereocenters. The number of carbonyl (C=O) groups excluding carboxylic acids is 1. The van der Waals surface area contributed by atoms with Crippen molar-refractivity contribution in [3.63, 3.8) is 0 Å². The lowest BCUT2D eigenvalue weighted by Crippen LogP contribution is -2.50. The summed E-state index contributed by atoms with van der Waals surface area (Å²) in [6.45, 7) is 4.35. The number of alkyl halides is 5. The molecular formula is C12H19F5N2O. The number of halogens is 5. The molecule has 1 fully saturated rings. The monoisotopic (exact) mass is 302 g/mol. The molecule has 0 bridgehead atoms. The van der Waals surface area contributed by atoms with E-state index in [0.29, 0.717) is 18.9 Å². The molecule has 118 valence electrons. The molecule has 0 unspecified atom stereocenters. The summed E-state index contributed by atoms with van der Waals surface area (Å²) in [5.74, 6) is -6.94. The van der Waals surface area contributed by atoms with Crippen LogP contribution in [0.3, 0.4) is 0 Å². The first-order valence-electron chi connectivity index (χ1n) is 6.60. The molecule has 1 amide bonds. The second kappa shape index (κ2) is 6.69. The minimum atomic E-state index is -5.85. The SMILES string of the molecule is CC1CCN(CCCNC(=O)C(F)(F)C(F)(F)F)CC1. The molecule has 1 rings (SSSR count). The highest BCUT2D eigenvalue weighted by Crippen LogP contribution is 2.35. The summed E-state index contributed by atoms with van der Waals surface area (Å²) in [6, 6.07) is 0. The molecule has 1 saturated heterocycles. The zero-order valence-electron chi connectivity index (χ0n) is 11.3. The van der Waals surface area contributed by atoms with Gasteiger partial charge in [0.05, 0.1) is 0 Å². The van der Waals surface area contributed by atoms with Gasteiger partial charge in [-0.3, -0.25) is 4.79 Å². The highest BCUT2D eigenvalue weighted by molar-refractivity contribution is 5.84. The number of carbonyl (C=O) groups is 1. The van der Waals surface area contributed by atoms with E-state index in [1.807, 2.05) is 0 Å². The summed E-state index contributed by atoms with van der Waals surface area (Å²) in [6.07, 6.45) is -3.38. The van der Waals surface area contributed by atoms with Crippen molar-refractivity contribution < 1.29 is 26.7 Å². The molecule has 8 heteroatoms. The van der Waals surface area contributed by atoms with Crippen LogP contribution in [-0.2, 0) is 4.79 Å². The molecule has 1 heterocycles. The topological polar surface area (TPSA) is 32.3 Å². The molecule has 0 spiro atoms. The van der Waals surface area contributed by atoms with E-state index < -0.39 is 18.0 Å². The number of piperidine rings is 1. The Morgan fingerprint density at radius 2 is 1.75 bits per heavy atom. The molecule has 0 saturated carbocycles. The van der Waals surface area contributed by atoms with Crippen molar-refractivity contribution in [2.24, 2.45) is 5.92 Å². The Balaban J connectivity index is 2.23. The second-order valence-corrected chi connectivity index (χ2v) is 5.21. The first-order valence-corrected chi connectivity index (χ1v) is 6.60. The summed E-state index contributed by atoms with van der Waals surface area (Å²) in [5, 5.41) is 1.64. The second-order valence-electron chi connectivity index (χ2n) is 5.21. The predicted molar refractivity (Wildman–Crippen MR) is 63.5 cm³/mol. The maximum absolute atomic E-state index is 12.6. The van der Waals surface area contributed by atoms with Gasteiger partial charge in [0.1, 0.15) is 0 Å². The minimum Gasteiger partial charge on any atom is -0.351 e. The Morgan fingerprint density at radius 1 is 1.20 bits per heavy atom. The largest absolute Gasteiger partial charge is 0.463 e. The number of rotatable bonds is 5. The van der Waals surface area contributed by atoms with Crippen LogP contribution in [0, 0.1) is 5.92 Å². The lowest BCUT2D eigenvalue weighted by molar-refractivity contribution is -0.269. The Morgan fingerprint density at radius 3 is 2.25 bits per heavy atom. The average Bonchev–Trinajstić information content (AvgIpc) is 2.35. The van der Waals surface area contributed by atoms with Crippen molar-refractivity contribution in [2.75, 3.05) is 26.2 Å². The number of nitrogens with one attached hydrogen (secondary N) is 1. The van der Waals surface area contributed by atoms with Gasteiger partial charge in [-0.2, -0.15) is 22.0 Å². The third kappa shape index (κ3) is 4.57. The van der Waals surface area contributed by atoms with E-state index in [-0.39, 0.29) is 6.54 Å². The summed E-state index contributed by atoms with van der Waals surface area (Å²) in [7, 11) is 0. The number of amides is 1. The van der Waals surface area contributed by atoms with E-state index >= 15 is 0 Å². The third-order valence-corrected chi connectivity index (χ3v) is 3.45. The van der Waals surface area contributed by atoms with E-state index in [9.17, 15) is 26.7 Å². The normalized spacial score (nSPS) is 19.1. The Labute approximate surface area is 114 Å². The van der Waals surface area contributed by atoms with Gasteiger partial charge in [0.2, 0.25) is 0 Å². The van der Waals surface area contributed by atoms with Gasteiger partial charge in [0, 0.05) is 6.54 Å². The van der Waals surface area contributed by atoms with Gasteiger partial charge in [-0.25, -0.2) is 0 Å². The molecule has 0 aromatic rings. The number of hydrogen-bond donors (Lipinski definition) is 1. The van der Waals surface area contributed by atoms with Gasteiger partial charge in [-0.1, -0.05) is 6.92 Å². The molecule has 1 N–H and O–H groups in total. The van der Waals surface area contributed by atoms with Crippen molar-refractivity contribution in [3.05, 3.63) is 0 Å². The Hall–Kier alpha value is -0.920. The molecule has 0 radical (unpaired) electrons. The third-order valence-electron chi connectivity index (χ3n) is 3.45. The van der Waals surface area contributed by atoms with Crippen LogP contribution < -0.4 is 5.32 Å². The molecule has 1 aliphatic rings. The van der Waals surface area contributed by atoms with E-state index in [1.165, 1.54) is 0 Å². The molecular weight excluding hydrogens is 283 g/mol. The van der Waals surface area contributed by atoms with Crippen LogP contribution in [0.2, 0.25) is 0 Å². The van der Waals surface area contributed by atoms with E-state index in [0.717, 1.165) is 25.9 Å². The molecule has 1 aliphatic heterocycles. The lowest BCUT2D eigenvalue weighted by atomic mass is 9.99. The minimum absolute atomic E-state index is 0.184. The summed E-state index contributed by atoms with van der Waals surface area (Å²) < 4.78 is 60.9. The van der Waals surface area contributed by atoms with Gasteiger partial charge in [-0.15, -0.1) is 0 Å². The summed E-state index contributed by atoms with van der Waals surface area (Å²) >= 11 is 0. The lowest BCUT2D eigenvalue weighted by Gasteiger charge is -2.30. The van der Waals surface area contributed by atoms with Crippen LogP contribution in [0.15, 0.2) is 0 Å². The highest BCUT2D eigenvalue weighted by atomic mass is 19.4. The van der Waals surface area contributed by atoms with E-state index in [1.54, 1.807) is 5.32 Å². The number of likely N-dealkylation sites (tertiary alicyclic amines) is 1. The van der Waals surface area contributed by atoms with Gasteiger partial charge in [-0.05, 0) is 44.8 Å². The maximum atomic E-state index is 12.6. The molecule has 20 heavy (non-hydrogen) atoms. The molecule has 0 aromatic heterocycles. The zero-order valence-corrected chi connectivity index (χ0v) is 11.3. The van der Waals surface area contributed by atoms with Gasteiger partial charge < -0.3 is 10.2 Å². The van der Waals surface area contributed by atoms with Crippen LogP contribution >= 0.6 is 0 Å². The quantitative estimate of drug-likeness (QED) is 0.625. The van der Waals surface area contributed by atoms with Gasteiger partial charge in [0.25, 0.3) is 5.91 Å². The van der Waals surface area contributed by atoms with Crippen LogP contribution in [0.25, 0.3) is 0 Å². The molecule has 0 aromatic carbocycles. The smallest absolute Gasteiger partial charge is 0.351 e. The predicted octanol–water partition coefficient (Wildman–Crippen LogP) is 2.42. The Bertz CT molecular complexity index is 324. The standard InChI is InChI=1S/C12H19F5N2O/c1-9-3-7-19(8-4-9)6-2-5-18-10(20)11(13,14)12(15,16)17/h9H,2-8H2,1H3,(H,18,20). The van der Waals surface area contributed by atoms with Crippen molar-refractivity contribution in [2.45, 2.75) is 38.3 Å². The van der Waals surface area contributed by atoms with Gasteiger partial charge in [0.15, 0.2) is 0 Å². The van der Waals surface area contributed by atoms with Crippen LogP contribution in [0.4, 0.5) is 22.0 Å². The first kappa shape index (κ1) is 17.1. The van der Waals surface area contributed by atoms with Crippen LogP contribution in [0.1, 0.15) is 26.2 Å².